The van der Waals surface area contributed by atoms with E-state index in [-0.39, 0.29) is 0 Å². The van der Waals surface area contributed by atoms with Crippen LogP contribution in [0.4, 0.5) is 11.4 Å². The molecule has 0 fully saturated rings. The van der Waals surface area contributed by atoms with Crippen LogP contribution < -0.4 is 4.90 Å². The van der Waals surface area contributed by atoms with Gasteiger partial charge in [0.2, 0.25) is 0 Å². The fourth-order valence-electron chi connectivity index (χ4n) is 8.60. The normalized spacial score (nSPS) is 12.7. The van der Waals surface area contributed by atoms with Crippen LogP contribution in [0.15, 0.2) is 194 Å². The maximum atomic E-state index is 2.47. The molecule has 2 nitrogen and oxygen atoms in total. The number of rotatable bonds is 6. The van der Waals surface area contributed by atoms with E-state index in [2.05, 4.69) is 204 Å². The quantitative estimate of drug-likeness (QED) is 0.166. The molecule has 0 aliphatic heterocycles. The van der Waals surface area contributed by atoms with Gasteiger partial charge in [0.25, 0.3) is 0 Å². The van der Waals surface area contributed by atoms with Crippen molar-refractivity contribution in [2.45, 2.75) is 12.8 Å². The molecule has 0 radical (unpaired) electrons. The van der Waals surface area contributed by atoms with Crippen LogP contribution in [0.2, 0.25) is 0 Å². The Morgan fingerprint density at radius 3 is 1.78 bits per heavy atom. The first-order valence-corrected chi connectivity index (χ1v) is 19.9. The molecule has 2 heterocycles. The number of para-hydroxylation sites is 1. The van der Waals surface area contributed by atoms with Crippen LogP contribution in [0.5, 0.6) is 0 Å². The predicted octanol–water partition coefficient (Wildman–Crippen LogP) is 14.6. The Bertz CT molecular complexity index is 3060. The lowest BCUT2D eigenvalue weighted by Gasteiger charge is -2.31. The van der Waals surface area contributed by atoms with E-state index in [1.165, 1.54) is 86.7 Å². The number of anilines is 2. The molecule has 260 valence electrons. The summed E-state index contributed by atoms with van der Waals surface area (Å²) in [5.41, 5.74) is 13.4. The van der Waals surface area contributed by atoms with Crippen LogP contribution in [0.25, 0.3) is 76.3 Å². The van der Waals surface area contributed by atoms with E-state index in [9.17, 15) is 0 Å². The average molecular weight is 721 g/mol. The molecular formula is C52H36N2S. The molecule has 2 aromatic heterocycles. The number of allylic oxidation sites excluding steroid dienone is 1. The fourth-order valence-corrected chi connectivity index (χ4v) is 9.83. The molecule has 55 heavy (non-hydrogen) atoms. The zero-order valence-corrected chi connectivity index (χ0v) is 31.0. The van der Waals surface area contributed by atoms with E-state index in [0.29, 0.717) is 0 Å². The number of aromatic nitrogens is 1. The molecule has 0 saturated carbocycles. The highest BCUT2D eigenvalue weighted by Crippen LogP contribution is 2.46. The number of fused-ring (bicyclic) bond motifs is 7. The van der Waals surface area contributed by atoms with E-state index in [1.807, 2.05) is 11.3 Å². The van der Waals surface area contributed by atoms with E-state index in [1.54, 1.807) is 0 Å². The van der Waals surface area contributed by atoms with Crippen molar-refractivity contribution in [3.05, 3.63) is 205 Å². The summed E-state index contributed by atoms with van der Waals surface area (Å²) in [6.45, 7) is 0. The first-order chi connectivity index (χ1) is 27.3. The minimum atomic E-state index is 1.02. The number of hydrogen-bond acceptors (Lipinski definition) is 2. The summed E-state index contributed by atoms with van der Waals surface area (Å²) in [4.78, 5) is 3.94. The molecule has 0 atom stereocenters. The van der Waals surface area contributed by atoms with Crippen molar-refractivity contribution in [3.8, 4) is 27.9 Å². The third-order valence-corrected chi connectivity index (χ3v) is 12.4. The Hall–Kier alpha value is -6.68. The van der Waals surface area contributed by atoms with E-state index in [4.69, 9.17) is 0 Å². The Morgan fingerprint density at radius 1 is 0.455 bits per heavy atom. The third kappa shape index (κ3) is 5.39. The van der Waals surface area contributed by atoms with Gasteiger partial charge in [0, 0.05) is 48.4 Å². The predicted molar refractivity (Wildman–Crippen MR) is 236 cm³/mol. The van der Waals surface area contributed by atoms with Gasteiger partial charge in [0.05, 0.1) is 16.7 Å². The Labute approximate surface area is 324 Å². The van der Waals surface area contributed by atoms with Gasteiger partial charge in [-0.3, -0.25) is 0 Å². The summed E-state index contributed by atoms with van der Waals surface area (Å²) in [5, 5.41) is 6.39. The van der Waals surface area contributed by atoms with Crippen molar-refractivity contribution in [1.82, 2.24) is 4.57 Å². The molecule has 1 aliphatic rings. The highest BCUT2D eigenvalue weighted by molar-refractivity contribution is 7.19. The van der Waals surface area contributed by atoms with Crippen LogP contribution >= 0.6 is 11.3 Å². The topological polar surface area (TPSA) is 8.17 Å². The van der Waals surface area contributed by atoms with E-state index < -0.39 is 0 Å². The molecule has 0 N–H and O–H groups in total. The lowest BCUT2D eigenvalue weighted by atomic mass is 9.96. The summed E-state index contributed by atoms with van der Waals surface area (Å²) in [5.74, 6) is 0. The first-order valence-electron chi connectivity index (χ1n) is 19.1. The van der Waals surface area contributed by atoms with Gasteiger partial charge in [0.15, 0.2) is 0 Å². The van der Waals surface area contributed by atoms with Gasteiger partial charge in [-0.2, -0.15) is 0 Å². The standard InChI is InChI=1S/C52H36N2S/c1-3-12-35(13-4-1)36-22-27-42(28-23-36)53(47-19-11-21-51-52(47)45-18-9-10-20-50(45)55-51)43-29-24-37(25-30-43)40-26-31-44-46-32-38-14-7-8-15-39(38)33-49(46)54(48(44)34-40)41-16-5-2-6-17-41/h1-10,12-20,22-34H,11,21H2. The maximum Gasteiger partial charge on any atom is 0.0547 e. The van der Waals surface area contributed by atoms with Gasteiger partial charge in [-0.25, -0.2) is 0 Å². The Morgan fingerprint density at radius 2 is 1.04 bits per heavy atom. The monoisotopic (exact) mass is 720 g/mol. The maximum absolute atomic E-state index is 2.47. The molecule has 0 amide bonds. The second-order valence-corrected chi connectivity index (χ2v) is 15.6. The zero-order chi connectivity index (χ0) is 36.3. The molecule has 11 rings (SSSR count). The zero-order valence-electron chi connectivity index (χ0n) is 30.2. The average Bonchev–Trinajstić information content (AvgIpc) is 3.79. The van der Waals surface area contributed by atoms with Crippen molar-refractivity contribution >= 4 is 71.1 Å². The molecule has 8 aromatic carbocycles. The molecule has 10 aromatic rings. The lowest BCUT2D eigenvalue weighted by Crippen LogP contribution is -2.18. The van der Waals surface area contributed by atoms with Gasteiger partial charge in [0.1, 0.15) is 0 Å². The van der Waals surface area contributed by atoms with Crippen LogP contribution in [0.1, 0.15) is 16.9 Å². The number of nitrogens with zero attached hydrogens (tertiary/aromatic N) is 2. The van der Waals surface area contributed by atoms with Gasteiger partial charge >= 0.3 is 0 Å². The minimum Gasteiger partial charge on any atom is -0.310 e. The van der Waals surface area contributed by atoms with Gasteiger partial charge in [-0.1, -0.05) is 133 Å². The van der Waals surface area contributed by atoms with Crippen molar-refractivity contribution in [2.24, 2.45) is 0 Å². The molecule has 0 bridgehead atoms. The van der Waals surface area contributed by atoms with Crippen LogP contribution in [0.3, 0.4) is 0 Å². The number of benzene rings is 8. The second kappa shape index (κ2) is 13.0. The van der Waals surface area contributed by atoms with Crippen LogP contribution in [0, 0.1) is 0 Å². The molecular weight excluding hydrogens is 685 g/mol. The van der Waals surface area contributed by atoms with Crippen molar-refractivity contribution in [2.75, 3.05) is 4.90 Å². The highest BCUT2D eigenvalue weighted by Gasteiger charge is 2.25. The highest BCUT2D eigenvalue weighted by atomic mass is 32.1. The number of hydrogen-bond donors (Lipinski definition) is 0. The Balaban J connectivity index is 1.04. The minimum absolute atomic E-state index is 1.02. The molecule has 0 spiro atoms. The molecule has 0 saturated heterocycles. The summed E-state index contributed by atoms with van der Waals surface area (Å²) >= 11 is 1.94. The van der Waals surface area contributed by atoms with Crippen LogP contribution in [-0.4, -0.2) is 4.57 Å². The molecule has 3 heteroatoms. The molecule has 1 aliphatic carbocycles. The van der Waals surface area contributed by atoms with Gasteiger partial charge in [-0.05, 0) is 107 Å². The summed E-state index contributed by atoms with van der Waals surface area (Å²) in [7, 11) is 0. The number of thiophene rings is 1. The van der Waals surface area contributed by atoms with Crippen LogP contribution in [-0.2, 0) is 6.42 Å². The summed E-state index contributed by atoms with van der Waals surface area (Å²) < 4.78 is 3.78. The van der Waals surface area contributed by atoms with Crippen molar-refractivity contribution in [1.29, 1.82) is 0 Å². The second-order valence-electron chi connectivity index (χ2n) is 14.4. The molecule has 0 unspecified atom stereocenters. The largest absolute Gasteiger partial charge is 0.310 e. The first kappa shape index (κ1) is 31.8. The third-order valence-electron chi connectivity index (χ3n) is 11.2. The van der Waals surface area contributed by atoms with Crippen molar-refractivity contribution < 1.29 is 0 Å². The number of aryl methyl sites for hydroxylation is 1. The van der Waals surface area contributed by atoms with Gasteiger partial charge in [-0.15, -0.1) is 11.3 Å². The smallest absolute Gasteiger partial charge is 0.0547 e. The lowest BCUT2D eigenvalue weighted by molar-refractivity contribution is 0.997. The van der Waals surface area contributed by atoms with Gasteiger partial charge < -0.3 is 9.47 Å². The summed E-state index contributed by atoms with van der Waals surface area (Å²) in [6.07, 6.45) is 4.55. The van der Waals surface area contributed by atoms with Crippen molar-refractivity contribution in [3.63, 3.8) is 0 Å². The SMILES string of the molecule is C1=C(N(c2ccc(-c3ccccc3)cc2)c2ccc(-c3ccc4c5cc6ccccc6cc5n(-c5ccccc5)c4c3)cc2)c2c(sc3ccccc23)CC1. The fraction of sp³-hybridized carbons (Fsp3) is 0.0385. The van der Waals surface area contributed by atoms with E-state index >= 15 is 0 Å². The van der Waals surface area contributed by atoms with E-state index in [0.717, 1.165) is 24.2 Å². The summed E-state index contributed by atoms with van der Waals surface area (Å²) in [6, 6.07) is 68.9. The Kier molecular flexibility index (Phi) is 7.53.